The summed E-state index contributed by atoms with van der Waals surface area (Å²) in [5.74, 6) is 1.92. The van der Waals surface area contributed by atoms with E-state index in [1.54, 1.807) is 18.9 Å². The van der Waals surface area contributed by atoms with Crippen molar-refractivity contribution in [1.29, 1.82) is 0 Å². The number of nitrogens with zero attached hydrogens (tertiary/aromatic N) is 2. The van der Waals surface area contributed by atoms with Gasteiger partial charge in [-0.1, -0.05) is 12.1 Å². The normalized spacial score (nSPS) is 23.9. The Labute approximate surface area is 231 Å². The standard InChI is InChI=1S/C30H44N4O3S/c1-21-7-12-28(38-21)20-33(19-25-5-4-6-27(15-25)37-3)26-13-14-34(22(2)35)29(16-26)30(36)32-18-24-10-8-23(17-31)9-11-24/h4-7,12,15,23-24,26,29H,8-11,13-14,16-20,31H2,1-3H3,(H,32,36)/t23?,24?,26?,29-/m1/s1. The molecule has 2 heterocycles. The molecule has 0 spiro atoms. The molecule has 4 rings (SSSR count). The molecule has 2 aromatic rings. The van der Waals surface area contributed by atoms with Gasteiger partial charge in [0.05, 0.1) is 7.11 Å². The Morgan fingerprint density at radius 1 is 1.11 bits per heavy atom. The number of thiophene rings is 1. The van der Waals surface area contributed by atoms with Crippen molar-refractivity contribution in [2.75, 3.05) is 26.7 Å². The van der Waals surface area contributed by atoms with E-state index in [9.17, 15) is 9.59 Å². The first-order valence-electron chi connectivity index (χ1n) is 14.0. The van der Waals surface area contributed by atoms with Gasteiger partial charge in [-0.25, -0.2) is 0 Å². The molecule has 2 aliphatic rings. The highest BCUT2D eigenvalue weighted by atomic mass is 32.1. The number of likely N-dealkylation sites (tertiary alicyclic amines) is 1. The van der Waals surface area contributed by atoms with E-state index in [1.807, 2.05) is 23.5 Å². The molecule has 1 saturated heterocycles. The van der Waals surface area contributed by atoms with Crippen LogP contribution in [0.5, 0.6) is 5.75 Å². The number of ether oxygens (including phenoxy) is 1. The molecule has 38 heavy (non-hydrogen) atoms. The van der Waals surface area contributed by atoms with Crippen molar-refractivity contribution in [3.05, 3.63) is 51.7 Å². The predicted molar refractivity (Wildman–Crippen MR) is 153 cm³/mol. The van der Waals surface area contributed by atoms with E-state index >= 15 is 0 Å². The third-order valence-corrected chi connectivity index (χ3v) is 9.32. The summed E-state index contributed by atoms with van der Waals surface area (Å²) in [6.07, 6.45) is 5.99. The smallest absolute Gasteiger partial charge is 0.242 e. The van der Waals surface area contributed by atoms with Crippen molar-refractivity contribution in [2.45, 2.75) is 77.5 Å². The summed E-state index contributed by atoms with van der Waals surface area (Å²) in [6.45, 7) is 7.33. The predicted octanol–water partition coefficient (Wildman–Crippen LogP) is 4.33. The molecular weight excluding hydrogens is 496 g/mol. The first-order chi connectivity index (χ1) is 18.4. The van der Waals surface area contributed by atoms with E-state index in [0.29, 0.717) is 31.3 Å². The van der Waals surface area contributed by atoms with Gasteiger partial charge in [0.15, 0.2) is 0 Å². The van der Waals surface area contributed by atoms with Crippen LogP contribution in [0.3, 0.4) is 0 Å². The molecule has 7 nitrogen and oxygen atoms in total. The number of hydrogen-bond acceptors (Lipinski definition) is 6. The quantitative estimate of drug-likeness (QED) is 0.469. The van der Waals surface area contributed by atoms with Gasteiger partial charge in [-0.2, -0.15) is 0 Å². The van der Waals surface area contributed by atoms with Crippen LogP contribution < -0.4 is 15.8 Å². The molecule has 2 atom stereocenters. The SMILES string of the molecule is COc1cccc(CN(Cc2ccc(C)s2)C2CCN(C(C)=O)[C@@H](C(=O)NCC3CCC(CN)CC3)C2)c1. The van der Waals surface area contributed by atoms with E-state index < -0.39 is 6.04 Å². The van der Waals surface area contributed by atoms with E-state index in [-0.39, 0.29) is 17.9 Å². The average molecular weight is 541 g/mol. The zero-order valence-electron chi connectivity index (χ0n) is 23.2. The topological polar surface area (TPSA) is 87.9 Å². The van der Waals surface area contributed by atoms with Crippen molar-refractivity contribution >= 4 is 23.2 Å². The lowest BCUT2D eigenvalue weighted by molar-refractivity contribution is -0.142. The summed E-state index contributed by atoms with van der Waals surface area (Å²) < 4.78 is 5.46. The van der Waals surface area contributed by atoms with E-state index in [0.717, 1.165) is 57.5 Å². The highest BCUT2D eigenvalue weighted by molar-refractivity contribution is 7.11. The lowest BCUT2D eigenvalue weighted by Gasteiger charge is -2.42. The van der Waals surface area contributed by atoms with Crippen molar-refractivity contribution in [2.24, 2.45) is 17.6 Å². The second kappa shape index (κ2) is 13.6. The van der Waals surface area contributed by atoms with Gasteiger partial charge in [0.2, 0.25) is 11.8 Å². The summed E-state index contributed by atoms with van der Waals surface area (Å²) in [7, 11) is 1.69. The van der Waals surface area contributed by atoms with Gasteiger partial charge in [0.1, 0.15) is 11.8 Å². The van der Waals surface area contributed by atoms with E-state index in [2.05, 4.69) is 41.4 Å². The number of aryl methyl sites for hydroxylation is 1. The number of piperidine rings is 1. The van der Waals surface area contributed by atoms with Crippen LogP contribution in [0.1, 0.15) is 60.8 Å². The van der Waals surface area contributed by atoms with Gasteiger partial charge in [-0.05, 0) is 93.7 Å². The van der Waals surface area contributed by atoms with Crippen LogP contribution in [0.25, 0.3) is 0 Å². The summed E-state index contributed by atoms with van der Waals surface area (Å²) in [5.41, 5.74) is 7.03. The van der Waals surface area contributed by atoms with Crippen LogP contribution in [-0.4, -0.2) is 60.4 Å². The van der Waals surface area contributed by atoms with Gasteiger partial charge in [-0.15, -0.1) is 11.3 Å². The van der Waals surface area contributed by atoms with Crippen molar-refractivity contribution < 1.29 is 14.3 Å². The molecule has 208 valence electrons. The van der Waals surface area contributed by atoms with Crippen molar-refractivity contribution in [3.63, 3.8) is 0 Å². The Hall–Kier alpha value is -2.42. The minimum atomic E-state index is -0.440. The second-order valence-corrected chi connectivity index (χ2v) is 12.4. The maximum Gasteiger partial charge on any atom is 0.242 e. The van der Waals surface area contributed by atoms with Crippen molar-refractivity contribution in [1.82, 2.24) is 15.1 Å². The average Bonchev–Trinajstić information content (AvgIpc) is 3.35. The number of rotatable bonds is 10. The summed E-state index contributed by atoms with van der Waals surface area (Å²) in [4.78, 5) is 32.9. The maximum atomic E-state index is 13.5. The molecule has 1 saturated carbocycles. The minimum absolute atomic E-state index is 0.0147. The fraction of sp³-hybridized carbons (Fsp3) is 0.600. The molecule has 1 aromatic carbocycles. The highest BCUT2D eigenvalue weighted by Crippen LogP contribution is 2.30. The van der Waals surface area contributed by atoms with Crippen LogP contribution in [0, 0.1) is 18.8 Å². The van der Waals surface area contributed by atoms with Crippen LogP contribution in [0.2, 0.25) is 0 Å². The molecule has 2 fully saturated rings. The monoisotopic (exact) mass is 540 g/mol. The fourth-order valence-electron chi connectivity index (χ4n) is 6.03. The maximum absolute atomic E-state index is 13.5. The summed E-state index contributed by atoms with van der Waals surface area (Å²) in [6, 6.07) is 12.3. The Morgan fingerprint density at radius 3 is 2.53 bits per heavy atom. The van der Waals surface area contributed by atoms with Crippen LogP contribution >= 0.6 is 11.3 Å². The number of carbonyl (C=O) groups excluding carboxylic acids is 2. The second-order valence-electron chi connectivity index (χ2n) is 11.0. The Kier molecular flexibility index (Phi) is 10.2. The van der Waals surface area contributed by atoms with Gasteiger partial charge in [0.25, 0.3) is 0 Å². The van der Waals surface area contributed by atoms with Gasteiger partial charge >= 0.3 is 0 Å². The van der Waals surface area contributed by atoms with E-state index in [1.165, 1.54) is 15.3 Å². The third kappa shape index (κ3) is 7.58. The number of benzene rings is 1. The number of hydrogen-bond donors (Lipinski definition) is 2. The van der Waals surface area contributed by atoms with Crippen LogP contribution in [0.15, 0.2) is 36.4 Å². The number of carbonyl (C=O) groups is 2. The first kappa shape index (κ1) is 28.6. The lowest BCUT2D eigenvalue weighted by Crippen LogP contribution is -2.57. The Bertz CT molecular complexity index is 1070. The zero-order chi connectivity index (χ0) is 27.1. The number of nitrogens with one attached hydrogen (secondary N) is 1. The van der Waals surface area contributed by atoms with Crippen molar-refractivity contribution in [3.8, 4) is 5.75 Å². The highest BCUT2D eigenvalue weighted by Gasteiger charge is 2.37. The molecule has 0 bridgehead atoms. The Balaban J connectivity index is 1.46. The lowest BCUT2D eigenvalue weighted by atomic mass is 9.82. The molecule has 8 heteroatoms. The molecule has 1 aliphatic carbocycles. The Morgan fingerprint density at radius 2 is 1.87 bits per heavy atom. The van der Waals surface area contributed by atoms with E-state index in [4.69, 9.17) is 10.5 Å². The summed E-state index contributed by atoms with van der Waals surface area (Å²) >= 11 is 1.82. The molecule has 0 radical (unpaired) electrons. The van der Waals surface area contributed by atoms with Gasteiger partial charge in [0, 0.05) is 48.9 Å². The number of methoxy groups -OCH3 is 1. The third-order valence-electron chi connectivity index (χ3n) is 8.34. The molecule has 2 amide bonds. The number of amides is 2. The number of nitrogens with two attached hydrogens (primary N) is 1. The molecule has 1 unspecified atom stereocenters. The van der Waals surface area contributed by atoms with Crippen LogP contribution in [0.4, 0.5) is 0 Å². The molecule has 3 N–H and O–H groups in total. The fourth-order valence-corrected chi connectivity index (χ4v) is 6.94. The van der Waals surface area contributed by atoms with Gasteiger partial charge in [-0.3, -0.25) is 14.5 Å². The molecule has 1 aromatic heterocycles. The molecule has 1 aliphatic heterocycles. The molecular formula is C30H44N4O3S. The first-order valence-corrected chi connectivity index (χ1v) is 14.8. The van der Waals surface area contributed by atoms with Crippen LogP contribution in [-0.2, 0) is 22.7 Å². The minimum Gasteiger partial charge on any atom is -0.497 e. The largest absolute Gasteiger partial charge is 0.497 e. The zero-order valence-corrected chi connectivity index (χ0v) is 24.0. The van der Waals surface area contributed by atoms with Gasteiger partial charge < -0.3 is 20.7 Å². The summed E-state index contributed by atoms with van der Waals surface area (Å²) in [5, 5.41) is 3.22.